The molecule has 0 amide bonds. The highest BCUT2D eigenvalue weighted by molar-refractivity contribution is 5.95. The fourth-order valence-electron chi connectivity index (χ4n) is 4.16. The normalized spacial score (nSPS) is 23.9. The molecule has 6 nitrogen and oxygen atoms in total. The summed E-state index contributed by atoms with van der Waals surface area (Å²) in [7, 11) is 0. The van der Waals surface area contributed by atoms with Gasteiger partial charge in [0, 0.05) is 0 Å². The molecule has 0 aliphatic carbocycles. The molecular weight excluding hydrogens is 336 g/mol. The number of hydrogen-bond acceptors (Lipinski definition) is 6. The quantitative estimate of drug-likeness (QED) is 0.408. The Kier molecular flexibility index (Phi) is 5.73. The molecule has 2 heterocycles. The van der Waals surface area contributed by atoms with Gasteiger partial charge in [0.2, 0.25) is 0 Å². The molecule has 2 saturated heterocycles. The van der Waals surface area contributed by atoms with E-state index in [0.29, 0.717) is 12.8 Å². The van der Waals surface area contributed by atoms with Crippen LogP contribution in [-0.4, -0.2) is 23.9 Å². The number of carbonyl (C=O) groups excluding carboxylic acids is 4. The molecule has 2 fully saturated rings. The summed E-state index contributed by atoms with van der Waals surface area (Å²) >= 11 is 0. The van der Waals surface area contributed by atoms with Crippen LogP contribution in [0.4, 0.5) is 0 Å². The molecule has 0 aromatic carbocycles. The van der Waals surface area contributed by atoms with E-state index in [1.807, 2.05) is 0 Å². The van der Waals surface area contributed by atoms with E-state index in [1.54, 1.807) is 0 Å². The van der Waals surface area contributed by atoms with E-state index in [-0.39, 0.29) is 23.7 Å². The Labute approximate surface area is 154 Å². The molecule has 144 valence electrons. The van der Waals surface area contributed by atoms with Crippen LogP contribution >= 0.6 is 0 Å². The summed E-state index contributed by atoms with van der Waals surface area (Å²) in [5, 5.41) is 0. The van der Waals surface area contributed by atoms with Crippen molar-refractivity contribution in [3.05, 3.63) is 11.6 Å². The first-order valence-corrected chi connectivity index (χ1v) is 9.04. The molecule has 0 spiro atoms. The topological polar surface area (TPSA) is 86.7 Å². The van der Waals surface area contributed by atoms with Gasteiger partial charge in [-0.2, -0.15) is 0 Å². The third-order valence-corrected chi connectivity index (χ3v) is 4.52. The highest BCUT2D eigenvalue weighted by Crippen LogP contribution is 2.38. The Bertz CT molecular complexity index is 610. The monoisotopic (exact) mass is 364 g/mol. The molecule has 2 rings (SSSR count). The van der Waals surface area contributed by atoms with Gasteiger partial charge in [-0.1, -0.05) is 46.3 Å². The molecule has 0 aromatic heterocycles. The zero-order valence-electron chi connectivity index (χ0n) is 16.2. The van der Waals surface area contributed by atoms with E-state index in [1.165, 1.54) is 0 Å². The second-order valence-electron chi connectivity index (χ2n) is 9.33. The Morgan fingerprint density at radius 1 is 0.885 bits per heavy atom. The lowest BCUT2D eigenvalue weighted by Gasteiger charge is -2.31. The molecule has 0 aromatic rings. The molecule has 0 N–H and O–H groups in total. The SMILES string of the molecule is CC(C)(C)CC(C)(C)C=C(CC1CC(=O)OC1=O)CC1CC(=O)OC1=O. The lowest BCUT2D eigenvalue weighted by molar-refractivity contribution is -0.154. The molecule has 2 unspecified atom stereocenters. The summed E-state index contributed by atoms with van der Waals surface area (Å²) in [6.07, 6.45) is 3.83. The van der Waals surface area contributed by atoms with E-state index in [2.05, 4.69) is 50.2 Å². The van der Waals surface area contributed by atoms with Crippen LogP contribution < -0.4 is 0 Å². The van der Waals surface area contributed by atoms with E-state index in [4.69, 9.17) is 0 Å². The van der Waals surface area contributed by atoms with Gasteiger partial charge in [0.1, 0.15) is 0 Å². The van der Waals surface area contributed by atoms with Gasteiger partial charge in [-0.05, 0) is 30.1 Å². The Balaban J connectivity index is 2.21. The highest BCUT2D eigenvalue weighted by Gasteiger charge is 2.38. The van der Waals surface area contributed by atoms with Crippen LogP contribution in [0.1, 0.15) is 66.7 Å². The highest BCUT2D eigenvalue weighted by atomic mass is 16.6. The molecule has 2 aliphatic heterocycles. The van der Waals surface area contributed by atoms with Gasteiger partial charge in [-0.3, -0.25) is 19.2 Å². The third kappa shape index (κ3) is 5.78. The van der Waals surface area contributed by atoms with Gasteiger partial charge < -0.3 is 9.47 Å². The van der Waals surface area contributed by atoms with Crippen molar-refractivity contribution in [2.45, 2.75) is 66.7 Å². The average Bonchev–Trinajstić information content (AvgIpc) is 2.88. The minimum absolute atomic E-state index is 0.0594. The average molecular weight is 364 g/mol. The predicted molar refractivity (Wildman–Crippen MR) is 93.6 cm³/mol. The lowest BCUT2D eigenvalue weighted by Crippen LogP contribution is -2.20. The number of ether oxygens (including phenoxy) is 2. The number of hydrogen-bond donors (Lipinski definition) is 0. The van der Waals surface area contributed by atoms with E-state index in [0.717, 1.165) is 12.0 Å². The van der Waals surface area contributed by atoms with Crippen molar-refractivity contribution in [2.24, 2.45) is 22.7 Å². The van der Waals surface area contributed by atoms with Gasteiger partial charge in [0.05, 0.1) is 24.7 Å². The molecule has 0 radical (unpaired) electrons. The summed E-state index contributed by atoms with van der Waals surface area (Å²) in [5.74, 6) is -3.09. The maximum absolute atomic E-state index is 11.9. The lowest BCUT2D eigenvalue weighted by atomic mass is 9.74. The standard InChI is InChI=1S/C20H28O6/c1-19(2,3)11-20(4,5)10-12(6-13-8-15(21)25-17(13)23)7-14-9-16(22)26-18(14)24/h10,13-14H,6-9,11H2,1-5H3. The Morgan fingerprint density at radius 3 is 1.62 bits per heavy atom. The first kappa shape index (κ1) is 20.3. The van der Waals surface area contributed by atoms with Crippen molar-refractivity contribution in [1.82, 2.24) is 0 Å². The van der Waals surface area contributed by atoms with Crippen LogP contribution in [0.3, 0.4) is 0 Å². The van der Waals surface area contributed by atoms with E-state index >= 15 is 0 Å². The largest absolute Gasteiger partial charge is 0.393 e. The van der Waals surface area contributed by atoms with E-state index in [9.17, 15) is 19.2 Å². The van der Waals surface area contributed by atoms with Crippen LogP contribution in [0.2, 0.25) is 0 Å². The van der Waals surface area contributed by atoms with Crippen molar-refractivity contribution in [1.29, 1.82) is 0 Å². The van der Waals surface area contributed by atoms with Crippen LogP contribution in [0.25, 0.3) is 0 Å². The van der Waals surface area contributed by atoms with Gasteiger partial charge in [-0.15, -0.1) is 0 Å². The van der Waals surface area contributed by atoms with Crippen molar-refractivity contribution in [3.63, 3.8) is 0 Å². The summed E-state index contributed by atoms with van der Waals surface area (Å²) in [5.41, 5.74) is 0.843. The molecule has 6 heteroatoms. The first-order chi connectivity index (χ1) is 11.8. The van der Waals surface area contributed by atoms with Gasteiger partial charge >= 0.3 is 23.9 Å². The van der Waals surface area contributed by atoms with Crippen LogP contribution in [0.15, 0.2) is 11.6 Å². The van der Waals surface area contributed by atoms with Crippen molar-refractivity contribution >= 4 is 23.9 Å². The van der Waals surface area contributed by atoms with Crippen LogP contribution in [0, 0.1) is 22.7 Å². The third-order valence-electron chi connectivity index (χ3n) is 4.52. The second kappa shape index (κ2) is 7.33. The van der Waals surface area contributed by atoms with Crippen molar-refractivity contribution in [2.75, 3.05) is 0 Å². The first-order valence-electron chi connectivity index (χ1n) is 9.04. The second-order valence-corrected chi connectivity index (χ2v) is 9.33. The Morgan fingerprint density at radius 2 is 1.31 bits per heavy atom. The minimum Gasteiger partial charge on any atom is -0.393 e. The summed E-state index contributed by atoms with van der Waals surface area (Å²) in [6, 6.07) is 0. The predicted octanol–water partition coefficient (Wildman–Crippen LogP) is 3.33. The number of rotatable bonds is 6. The van der Waals surface area contributed by atoms with Crippen molar-refractivity contribution in [3.8, 4) is 0 Å². The van der Waals surface area contributed by atoms with Gasteiger partial charge in [0.15, 0.2) is 0 Å². The smallest absolute Gasteiger partial charge is 0.317 e. The van der Waals surface area contributed by atoms with Crippen molar-refractivity contribution < 1.29 is 28.7 Å². The number of carbonyl (C=O) groups is 4. The number of esters is 4. The molecule has 2 aliphatic rings. The molecule has 2 atom stereocenters. The summed E-state index contributed by atoms with van der Waals surface area (Å²) < 4.78 is 9.29. The number of cyclic esters (lactones) is 4. The van der Waals surface area contributed by atoms with Crippen LogP contribution in [-0.2, 0) is 28.7 Å². The molecule has 0 bridgehead atoms. The Hall–Kier alpha value is -1.98. The maximum atomic E-state index is 11.9. The summed E-state index contributed by atoms with van der Waals surface area (Å²) in [6.45, 7) is 10.7. The van der Waals surface area contributed by atoms with Gasteiger partial charge in [-0.25, -0.2) is 0 Å². The zero-order chi connectivity index (χ0) is 19.7. The number of allylic oxidation sites excluding steroid dienone is 2. The van der Waals surface area contributed by atoms with Gasteiger partial charge in [0.25, 0.3) is 0 Å². The maximum Gasteiger partial charge on any atom is 0.317 e. The minimum atomic E-state index is -0.521. The van der Waals surface area contributed by atoms with E-state index < -0.39 is 35.7 Å². The summed E-state index contributed by atoms with van der Waals surface area (Å²) in [4.78, 5) is 46.5. The fraction of sp³-hybridized carbons (Fsp3) is 0.700. The molecule has 0 saturated carbocycles. The van der Waals surface area contributed by atoms with Crippen LogP contribution in [0.5, 0.6) is 0 Å². The molecule has 26 heavy (non-hydrogen) atoms. The molecular formula is C20H28O6. The fourth-order valence-corrected chi connectivity index (χ4v) is 4.16. The zero-order valence-corrected chi connectivity index (χ0v) is 16.2.